The molecule has 1 aliphatic rings. The zero-order valence-corrected chi connectivity index (χ0v) is 13.0. The van der Waals surface area contributed by atoms with Crippen molar-refractivity contribution < 1.29 is 21.8 Å². The van der Waals surface area contributed by atoms with Gasteiger partial charge < -0.3 is 0 Å². The van der Waals surface area contributed by atoms with Gasteiger partial charge in [0.15, 0.2) is 0 Å². The Bertz CT molecular complexity index is 646. The topological polar surface area (TPSA) is 122 Å². The van der Waals surface area contributed by atoms with Gasteiger partial charge in [-0.3, -0.25) is 0 Å². The van der Waals surface area contributed by atoms with Gasteiger partial charge in [-0.05, 0) is 0 Å². The molecule has 2 unspecified atom stereocenters. The molecule has 0 aromatic carbocycles. The van der Waals surface area contributed by atoms with Crippen molar-refractivity contribution >= 4 is 20.1 Å². The Balaban J connectivity index is 2.44. The molecule has 1 aromatic heterocycles. The second-order valence-corrected chi connectivity index (χ2v) is 8.70. The van der Waals surface area contributed by atoms with Gasteiger partial charge in [0, 0.05) is 0 Å². The van der Waals surface area contributed by atoms with E-state index in [1.165, 1.54) is 37.7 Å². The van der Waals surface area contributed by atoms with Crippen molar-refractivity contribution in [2.24, 2.45) is 0 Å². The van der Waals surface area contributed by atoms with Gasteiger partial charge in [-0.25, -0.2) is 0 Å². The van der Waals surface area contributed by atoms with Crippen molar-refractivity contribution in [2.75, 3.05) is 0 Å². The van der Waals surface area contributed by atoms with E-state index in [1.807, 2.05) is 0 Å². The van der Waals surface area contributed by atoms with Crippen LogP contribution in [0, 0.1) is 0 Å². The fourth-order valence-corrected chi connectivity index (χ4v) is 4.45. The van der Waals surface area contributed by atoms with Crippen LogP contribution < -0.4 is 5.32 Å². The SMILES string of the molecule is CC(=O)NC1=CCC(c2cnccn2)([As](=O)(O)OO)C=C1. The van der Waals surface area contributed by atoms with Crippen LogP contribution in [0.1, 0.15) is 19.0 Å². The molecule has 1 heterocycles. The van der Waals surface area contributed by atoms with Crippen LogP contribution in [0.15, 0.2) is 42.5 Å². The zero-order valence-electron chi connectivity index (χ0n) is 11.1. The van der Waals surface area contributed by atoms with E-state index in [0.29, 0.717) is 5.70 Å². The fourth-order valence-electron chi connectivity index (χ4n) is 2.06. The van der Waals surface area contributed by atoms with Crippen molar-refractivity contribution in [1.29, 1.82) is 0 Å². The summed E-state index contributed by atoms with van der Waals surface area (Å²) in [5.74, 6) is -0.256. The van der Waals surface area contributed by atoms with E-state index in [2.05, 4.69) is 19.2 Å². The van der Waals surface area contributed by atoms with Crippen LogP contribution in [0.5, 0.6) is 0 Å². The summed E-state index contributed by atoms with van der Waals surface area (Å²) >= 11 is -5.16. The van der Waals surface area contributed by atoms with Crippen molar-refractivity contribution in [3.8, 4) is 0 Å². The van der Waals surface area contributed by atoms with E-state index in [4.69, 9.17) is 5.26 Å². The molecule has 0 bridgehead atoms. The standard InChI is InChI=1S/C12H14AsN3O5/c1-9(17)16-10-2-4-12(5-3-10,13(18,19)21-20)11-8-14-6-7-15-11/h2-4,6-8,20H,5H2,1H3,(H,16,17)(H,18,19). The van der Waals surface area contributed by atoms with Crippen LogP contribution in [-0.2, 0) is 16.6 Å². The average Bonchev–Trinajstić information content (AvgIpc) is 2.48. The Morgan fingerprint density at radius 1 is 1.52 bits per heavy atom. The Labute approximate surface area is 123 Å². The Kier molecular flexibility index (Phi) is 4.43. The van der Waals surface area contributed by atoms with Gasteiger partial charge in [0.05, 0.1) is 0 Å². The third kappa shape index (κ3) is 2.98. The summed E-state index contributed by atoms with van der Waals surface area (Å²) in [5.41, 5.74) is 0.703. The number of nitrogens with zero attached hydrogens (tertiary/aromatic N) is 2. The van der Waals surface area contributed by atoms with Crippen LogP contribution in [0.4, 0.5) is 0 Å². The third-order valence-corrected chi connectivity index (χ3v) is 6.87. The molecule has 0 aliphatic heterocycles. The number of allylic oxidation sites excluding steroid dienone is 3. The summed E-state index contributed by atoms with van der Waals surface area (Å²) in [7, 11) is 0. The first kappa shape index (κ1) is 15.7. The third-order valence-electron chi connectivity index (χ3n) is 3.11. The molecule has 8 nitrogen and oxygen atoms in total. The van der Waals surface area contributed by atoms with Crippen molar-refractivity contribution in [2.45, 2.75) is 17.5 Å². The van der Waals surface area contributed by atoms with Gasteiger partial charge >= 0.3 is 123 Å². The number of carbonyl (C=O) groups excluding carboxylic acids is 1. The monoisotopic (exact) mass is 355 g/mol. The van der Waals surface area contributed by atoms with Gasteiger partial charge in [-0.1, -0.05) is 0 Å². The maximum absolute atomic E-state index is 12.3. The van der Waals surface area contributed by atoms with Gasteiger partial charge in [-0.2, -0.15) is 0 Å². The molecular weight excluding hydrogens is 341 g/mol. The number of carbonyl (C=O) groups is 1. The average molecular weight is 355 g/mol. The van der Waals surface area contributed by atoms with Gasteiger partial charge in [0.25, 0.3) is 0 Å². The zero-order chi connectivity index (χ0) is 15.5. The maximum atomic E-state index is 12.3. The minimum atomic E-state index is -5.16. The minimum absolute atomic E-state index is 0.0331. The second kappa shape index (κ2) is 5.95. The predicted octanol–water partition coefficient (Wildman–Crippen LogP) is 0.0848. The van der Waals surface area contributed by atoms with Crippen molar-refractivity contribution in [3.05, 3.63) is 48.2 Å². The molecule has 21 heavy (non-hydrogen) atoms. The Morgan fingerprint density at radius 2 is 2.29 bits per heavy atom. The quantitative estimate of drug-likeness (QED) is 0.397. The molecule has 2 rings (SSSR count). The summed E-state index contributed by atoms with van der Waals surface area (Å²) in [4.78, 5) is 18.9. The van der Waals surface area contributed by atoms with Crippen molar-refractivity contribution in [1.82, 2.24) is 15.3 Å². The normalized spacial score (nSPS) is 24.0. The van der Waals surface area contributed by atoms with E-state index >= 15 is 0 Å². The van der Waals surface area contributed by atoms with Crippen LogP contribution >= 0.6 is 0 Å². The number of aromatic nitrogens is 2. The van der Waals surface area contributed by atoms with Gasteiger partial charge in [0.2, 0.25) is 0 Å². The predicted molar refractivity (Wildman–Crippen MR) is 71.7 cm³/mol. The van der Waals surface area contributed by atoms with E-state index in [1.54, 1.807) is 6.08 Å². The molecule has 3 N–H and O–H groups in total. The van der Waals surface area contributed by atoms with E-state index in [-0.39, 0.29) is 18.0 Å². The fraction of sp³-hybridized carbons (Fsp3) is 0.250. The molecule has 0 spiro atoms. The van der Waals surface area contributed by atoms with E-state index in [9.17, 15) is 12.6 Å². The molecule has 2 atom stereocenters. The first-order chi connectivity index (χ1) is 9.91. The number of hydrogen-bond acceptors (Lipinski definition) is 6. The first-order valence-electron chi connectivity index (χ1n) is 6.01. The van der Waals surface area contributed by atoms with Crippen LogP contribution in [-0.4, -0.2) is 39.4 Å². The molecule has 0 saturated heterocycles. The van der Waals surface area contributed by atoms with E-state index in [0.717, 1.165) is 0 Å². The van der Waals surface area contributed by atoms with Crippen LogP contribution in [0.3, 0.4) is 0 Å². The summed E-state index contributed by atoms with van der Waals surface area (Å²) in [6.45, 7) is 1.36. The van der Waals surface area contributed by atoms with E-state index < -0.39 is 18.4 Å². The first-order valence-corrected chi connectivity index (χ1v) is 9.32. The summed E-state index contributed by atoms with van der Waals surface area (Å²) in [5, 5.41) is 11.4. The number of nitrogens with one attached hydrogen (secondary N) is 1. The summed E-state index contributed by atoms with van der Waals surface area (Å²) in [6, 6.07) is 0. The molecule has 0 saturated carbocycles. The molecule has 1 aromatic rings. The Hall–Kier alpha value is -1.73. The van der Waals surface area contributed by atoms with Crippen LogP contribution in [0.2, 0.25) is 0 Å². The molecule has 112 valence electrons. The molecule has 1 amide bonds. The number of rotatable bonds is 4. The molecular formula is C12H14AsN3O5. The number of amides is 1. The second-order valence-electron chi connectivity index (χ2n) is 4.50. The van der Waals surface area contributed by atoms with Crippen LogP contribution in [0.25, 0.3) is 0 Å². The van der Waals surface area contributed by atoms with Crippen molar-refractivity contribution in [3.63, 3.8) is 0 Å². The number of hydrogen-bond donors (Lipinski definition) is 3. The molecule has 1 aliphatic carbocycles. The Morgan fingerprint density at radius 3 is 2.76 bits per heavy atom. The summed E-state index contributed by atoms with van der Waals surface area (Å²) in [6.07, 6.45) is 8.62. The summed E-state index contributed by atoms with van der Waals surface area (Å²) < 4.78 is 24.7. The molecule has 0 fully saturated rings. The molecule has 0 radical (unpaired) electrons. The molecule has 9 heteroatoms. The van der Waals surface area contributed by atoms with Gasteiger partial charge in [0.1, 0.15) is 0 Å². The van der Waals surface area contributed by atoms with Gasteiger partial charge in [-0.15, -0.1) is 0 Å².